The van der Waals surface area contributed by atoms with Crippen LogP contribution in [0, 0.1) is 5.92 Å². The molecule has 0 aromatic heterocycles. The van der Waals surface area contributed by atoms with Gasteiger partial charge in [0.25, 0.3) is 0 Å². The lowest BCUT2D eigenvalue weighted by molar-refractivity contribution is -0.135. The molecule has 3 aromatic carbocycles. The third kappa shape index (κ3) is 7.33. The van der Waals surface area contributed by atoms with Gasteiger partial charge in [-0.1, -0.05) is 42.5 Å². The van der Waals surface area contributed by atoms with Crippen molar-refractivity contribution >= 4 is 34.9 Å². The predicted octanol–water partition coefficient (Wildman–Crippen LogP) is 4.98. The second-order valence-electron chi connectivity index (χ2n) is 8.61. The molecule has 4 amide bonds. The molecular weight excluding hydrogens is 456 g/mol. The summed E-state index contributed by atoms with van der Waals surface area (Å²) in [7, 11) is 0. The summed E-state index contributed by atoms with van der Waals surface area (Å²) >= 11 is 0. The lowest BCUT2D eigenvalue weighted by Gasteiger charge is -2.32. The van der Waals surface area contributed by atoms with E-state index in [2.05, 4.69) is 16.0 Å². The average molecular weight is 487 g/mol. The Morgan fingerprint density at radius 3 is 2.19 bits per heavy atom. The number of para-hydroxylation sites is 2. The molecule has 0 aliphatic carbocycles. The van der Waals surface area contributed by atoms with E-state index < -0.39 is 0 Å². The Bertz CT molecular complexity index is 1170. The lowest BCUT2D eigenvalue weighted by atomic mass is 9.96. The number of nitrogens with zero attached hydrogens (tertiary/aromatic N) is 1. The van der Waals surface area contributed by atoms with E-state index in [1.54, 1.807) is 41.3 Å². The van der Waals surface area contributed by atoms with Crippen LogP contribution in [0.15, 0.2) is 84.9 Å². The van der Waals surface area contributed by atoms with E-state index in [1.807, 2.05) is 48.5 Å². The Balaban J connectivity index is 1.25. The zero-order valence-corrected chi connectivity index (χ0v) is 20.0. The number of benzene rings is 3. The molecule has 8 heteroatoms. The molecule has 1 aliphatic rings. The van der Waals surface area contributed by atoms with Gasteiger partial charge in [-0.25, -0.2) is 4.79 Å². The van der Waals surface area contributed by atoms with Gasteiger partial charge in [-0.3, -0.25) is 9.59 Å². The molecule has 0 spiro atoms. The van der Waals surface area contributed by atoms with E-state index in [9.17, 15) is 14.4 Å². The quantitative estimate of drug-likeness (QED) is 0.418. The van der Waals surface area contributed by atoms with Crippen LogP contribution < -0.4 is 20.7 Å². The molecule has 0 bridgehead atoms. The largest absolute Gasteiger partial charge is 0.493 e. The Morgan fingerprint density at radius 1 is 0.806 bits per heavy atom. The number of anilines is 3. The number of carbonyl (C=O) groups is 3. The number of nitrogens with one attached hydrogen (secondary N) is 3. The number of hydrogen-bond donors (Lipinski definition) is 3. The van der Waals surface area contributed by atoms with Gasteiger partial charge in [-0.15, -0.1) is 0 Å². The Hall–Kier alpha value is -4.33. The van der Waals surface area contributed by atoms with Crippen LogP contribution in [0.1, 0.15) is 19.3 Å². The van der Waals surface area contributed by atoms with Crippen LogP contribution in [0.25, 0.3) is 0 Å². The number of likely N-dealkylation sites (tertiary alicyclic amines) is 1. The van der Waals surface area contributed by atoms with Crippen LogP contribution in [0.4, 0.5) is 21.9 Å². The monoisotopic (exact) mass is 486 g/mol. The Morgan fingerprint density at radius 2 is 1.44 bits per heavy atom. The highest BCUT2D eigenvalue weighted by Crippen LogP contribution is 2.21. The third-order valence-electron chi connectivity index (χ3n) is 5.89. The highest BCUT2D eigenvalue weighted by Gasteiger charge is 2.28. The van der Waals surface area contributed by atoms with Gasteiger partial charge < -0.3 is 25.6 Å². The van der Waals surface area contributed by atoms with Gasteiger partial charge in [-0.05, 0) is 55.3 Å². The number of urea groups is 1. The van der Waals surface area contributed by atoms with Crippen molar-refractivity contribution in [1.82, 2.24) is 4.90 Å². The summed E-state index contributed by atoms with van der Waals surface area (Å²) in [5, 5.41) is 8.45. The maximum atomic E-state index is 12.9. The molecule has 1 atom stereocenters. The summed E-state index contributed by atoms with van der Waals surface area (Å²) in [5.41, 5.74) is 1.82. The fraction of sp³-hybridized carbons (Fsp3) is 0.250. The summed E-state index contributed by atoms with van der Waals surface area (Å²) in [4.78, 5) is 39.6. The van der Waals surface area contributed by atoms with Crippen LogP contribution >= 0.6 is 0 Å². The molecule has 36 heavy (non-hydrogen) atoms. The number of rotatable bonds is 8. The topological polar surface area (TPSA) is 99.8 Å². The molecule has 1 saturated heterocycles. The molecule has 1 unspecified atom stereocenters. The third-order valence-corrected chi connectivity index (χ3v) is 5.89. The number of hydrogen-bond acceptors (Lipinski definition) is 4. The fourth-order valence-corrected chi connectivity index (χ4v) is 4.08. The standard InChI is InChI=1S/C28H30N4O4/c33-26(16-18-36-25-14-5-2-6-15-25)32-17-8-9-21(20-32)27(34)29-23-12-7-13-24(19-23)31-28(35)30-22-10-3-1-4-11-22/h1-7,10-15,19,21H,8-9,16-18,20H2,(H,29,34)(H2,30,31,35). The molecule has 1 fully saturated rings. The number of ether oxygens (including phenoxy) is 1. The fourth-order valence-electron chi connectivity index (χ4n) is 4.08. The SMILES string of the molecule is O=C(Nc1ccccc1)Nc1cccc(NC(=O)C2CCCN(C(=O)CCOc3ccccc3)C2)c1. The first-order valence-electron chi connectivity index (χ1n) is 12.1. The minimum Gasteiger partial charge on any atom is -0.493 e. The number of amides is 4. The maximum absolute atomic E-state index is 12.9. The maximum Gasteiger partial charge on any atom is 0.323 e. The number of carbonyl (C=O) groups excluding carboxylic acids is 3. The Kier molecular flexibility index (Phi) is 8.53. The van der Waals surface area contributed by atoms with E-state index >= 15 is 0 Å². The van der Waals surface area contributed by atoms with Gasteiger partial charge in [0, 0.05) is 30.2 Å². The van der Waals surface area contributed by atoms with Crippen LogP contribution in [0.5, 0.6) is 5.75 Å². The van der Waals surface area contributed by atoms with Gasteiger partial charge in [0.15, 0.2) is 0 Å². The minimum absolute atomic E-state index is 0.0148. The van der Waals surface area contributed by atoms with Crippen LogP contribution in [-0.4, -0.2) is 42.4 Å². The summed E-state index contributed by atoms with van der Waals surface area (Å²) in [6.07, 6.45) is 1.75. The second kappa shape index (κ2) is 12.4. The van der Waals surface area contributed by atoms with Gasteiger partial charge in [0.05, 0.1) is 18.9 Å². The molecule has 1 aliphatic heterocycles. The molecular formula is C28H30N4O4. The molecule has 1 heterocycles. The first-order valence-corrected chi connectivity index (χ1v) is 12.1. The zero-order valence-electron chi connectivity index (χ0n) is 20.0. The van der Waals surface area contributed by atoms with Crippen molar-refractivity contribution in [2.45, 2.75) is 19.3 Å². The zero-order chi connectivity index (χ0) is 25.2. The molecule has 8 nitrogen and oxygen atoms in total. The number of piperidine rings is 1. The van der Waals surface area contributed by atoms with Gasteiger partial charge in [0.1, 0.15) is 5.75 Å². The van der Waals surface area contributed by atoms with Crippen molar-refractivity contribution < 1.29 is 19.1 Å². The molecule has 0 saturated carbocycles. The summed E-state index contributed by atoms with van der Waals surface area (Å²) < 4.78 is 5.63. The second-order valence-corrected chi connectivity index (χ2v) is 8.61. The smallest absolute Gasteiger partial charge is 0.323 e. The highest BCUT2D eigenvalue weighted by atomic mass is 16.5. The normalized spacial score (nSPS) is 15.0. The van der Waals surface area contributed by atoms with E-state index in [0.717, 1.165) is 12.2 Å². The van der Waals surface area contributed by atoms with E-state index in [1.165, 1.54) is 0 Å². The molecule has 186 valence electrons. The average Bonchev–Trinajstić information content (AvgIpc) is 2.90. The summed E-state index contributed by atoms with van der Waals surface area (Å²) in [6, 6.07) is 25.1. The summed E-state index contributed by atoms with van der Waals surface area (Å²) in [5.74, 6) is 0.282. The van der Waals surface area contributed by atoms with Crippen molar-refractivity contribution in [1.29, 1.82) is 0 Å². The van der Waals surface area contributed by atoms with Gasteiger partial charge in [0.2, 0.25) is 11.8 Å². The van der Waals surface area contributed by atoms with Gasteiger partial charge >= 0.3 is 6.03 Å². The Labute approximate surface area is 210 Å². The van der Waals surface area contributed by atoms with Crippen LogP contribution in [0.3, 0.4) is 0 Å². The van der Waals surface area contributed by atoms with E-state index in [0.29, 0.717) is 43.2 Å². The van der Waals surface area contributed by atoms with Crippen LogP contribution in [-0.2, 0) is 9.59 Å². The first-order chi connectivity index (χ1) is 17.6. The van der Waals surface area contributed by atoms with Crippen molar-refractivity contribution in [2.24, 2.45) is 5.92 Å². The van der Waals surface area contributed by atoms with Crippen LogP contribution in [0.2, 0.25) is 0 Å². The summed E-state index contributed by atoms with van der Waals surface area (Å²) in [6.45, 7) is 1.32. The van der Waals surface area contributed by atoms with E-state index in [-0.39, 0.29) is 30.2 Å². The van der Waals surface area contributed by atoms with Crippen molar-refractivity contribution in [2.75, 3.05) is 35.6 Å². The molecule has 0 radical (unpaired) electrons. The molecule has 3 aromatic rings. The molecule has 4 rings (SSSR count). The lowest BCUT2D eigenvalue weighted by Crippen LogP contribution is -2.44. The van der Waals surface area contributed by atoms with Crippen molar-refractivity contribution in [3.8, 4) is 5.75 Å². The van der Waals surface area contributed by atoms with E-state index in [4.69, 9.17) is 4.74 Å². The predicted molar refractivity (Wildman–Crippen MR) is 140 cm³/mol. The van der Waals surface area contributed by atoms with Crippen molar-refractivity contribution in [3.05, 3.63) is 84.9 Å². The van der Waals surface area contributed by atoms with Gasteiger partial charge in [-0.2, -0.15) is 0 Å². The van der Waals surface area contributed by atoms with Crippen molar-refractivity contribution in [3.63, 3.8) is 0 Å². The highest BCUT2D eigenvalue weighted by molar-refractivity contribution is 6.00. The minimum atomic E-state index is -0.373. The molecule has 3 N–H and O–H groups in total. The first kappa shape index (κ1) is 24.8.